The standard InChI is InChI=1S/C11H10IN3O2/c1-8-13-6-11(15(16)17)14(8)7-9-3-2-4-10(12)5-9/h2-6H,7H2,1H3. The molecule has 0 aliphatic rings. The van der Waals surface area contributed by atoms with E-state index in [1.807, 2.05) is 24.3 Å². The summed E-state index contributed by atoms with van der Waals surface area (Å²) in [6.07, 6.45) is 1.29. The van der Waals surface area contributed by atoms with E-state index in [9.17, 15) is 10.1 Å². The molecule has 0 unspecified atom stereocenters. The van der Waals surface area contributed by atoms with Gasteiger partial charge >= 0.3 is 5.82 Å². The predicted molar refractivity (Wildman–Crippen MR) is 71.9 cm³/mol. The van der Waals surface area contributed by atoms with Crippen molar-refractivity contribution in [2.75, 3.05) is 0 Å². The normalized spacial score (nSPS) is 10.5. The Morgan fingerprint density at radius 2 is 2.29 bits per heavy atom. The fourth-order valence-corrected chi connectivity index (χ4v) is 2.22. The van der Waals surface area contributed by atoms with Gasteiger partial charge in [0.2, 0.25) is 0 Å². The van der Waals surface area contributed by atoms with Crippen molar-refractivity contribution in [3.05, 3.63) is 55.5 Å². The second-order valence-electron chi connectivity index (χ2n) is 3.64. The fourth-order valence-electron chi connectivity index (χ4n) is 1.62. The number of halogens is 1. The highest BCUT2D eigenvalue weighted by Gasteiger charge is 2.17. The van der Waals surface area contributed by atoms with Crippen molar-refractivity contribution in [3.8, 4) is 0 Å². The molecule has 0 spiro atoms. The molecule has 2 aromatic rings. The van der Waals surface area contributed by atoms with Crippen LogP contribution in [0.1, 0.15) is 11.4 Å². The summed E-state index contributed by atoms with van der Waals surface area (Å²) >= 11 is 2.22. The third-order valence-corrected chi connectivity index (χ3v) is 3.12. The summed E-state index contributed by atoms with van der Waals surface area (Å²) < 4.78 is 2.71. The van der Waals surface area contributed by atoms with Crippen molar-refractivity contribution < 1.29 is 4.92 Å². The molecule has 0 saturated carbocycles. The lowest BCUT2D eigenvalue weighted by Crippen LogP contribution is -2.06. The van der Waals surface area contributed by atoms with Gasteiger partial charge in [-0.25, -0.2) is 9.55 Å². The van der Waals surface area contributed by atoms with Crippen LogP contribution in [0.3, 0.4) is 0 Å². The average molecular weight is 343 g/mol. The zero-order chi connectivity index (χ0) is 12.4. The maximum atomic E-state index is 10.8. The Morgan fingerprint density at radius 1 is 1.53 bits per heavy atom. The van der Waals surface area contributed by atoms with Gasteiger partial charge in [0.05, 0.1) is 0 Å². The van der Waals surface area contributed by atoms with Crippen LogP contribution >= 0.6 is 22.6 Å². The number of aromatic nitrogens is 2. The first kappa shape index (κ1) is 12.0. The Hall–Kier alpha value is -1.44. The number of imidazole rings is 1. The summed E-state index contributed by atoms with van der Waals surface area (Å²) in [4.78, 5) is 14.4. The molecule has 0 aliphatic carbocycles. The Kier molecular flexibility index (Phi) is 3.41. The van der Waals surface area contributed by atoms with Gasteiger partial charge in [-0.3, -0.25) is 0 Å². The number of hydrogen-bond acceptors (Lipinski definition) is 3. The molecule has 2 rings (SSSR count). The highest BCUT2D eigenvalue weighted by molar-refractivity contribution is 14.1. The van der Waals surface area contributed by atoms with Crippen LogP contribution in [0.4, 0.5) is 5.82 Å². The minimum absolute atomic E-state index is 0.0290. The van der Waals surface area contributed by atoms with E-state index in [-0.39, 0.29) is 5.82 Å². The largest absolute Gasteiger partial charge is 0.358 e. The zero-order valence-electron chi connectivity index (χ0n) is 9.13. The van der Waals surface area contributed by atoms with E-state index >= 15 is 0 Å². The molecule has 0 fully saturated rings. The van der Waals surface area contributed by atoms with Crippen LogP contribution in [0, 0.1) is 20.6 Å². The van der Waals surface area contributed by atoms with E-state index in [4.69, 9.17) is 0 Å². The van der Waals surface area contributed by atoms with Crippen molar-refractivity contribution in [1.82, 2.24) is 9.55 Å². The van der Waals surface area contributed by atoms with Gasteiger partial charge in [0.15, 0.2) is 5.82 Å². The molecule has 5 nitrogen and oxygen atoms in total. The van der Waals surface area contributed by atoms with Crippen LogP contribution in [-0.4, -0.2) is 14.5 Å². The molecule has 88 valence electrons. The quantitative estimate of drug-likeness (QED) is 0.489. The van der Waals surface area contributed by atoms with Crippen LogP contribution in [0.5, 0.6) is 0 Å². The van der Waals surface area contributed by atoms with E-state index in [0.29, 0.717) is 12.4 Å². The second kappa shape index (κ2) is 4.82. The lowest BCUT2D eigenvalue weighted by molar-refractivity contribution is -0.392. The molecular formula is C11H10IN3O2. The Morgan fingerprint density at radius 3 is 2.94 bits per heavy atom. The van der Waals surface area contributed by atoms with Crippen LogP contribution < -0.4 is 0 Å². The van der Waals surface area contributed by atoms with Crippen LogP contribution in [0.15, 0.2) is 30.5 Å². The first-order chi connectivity index (χ1) is 8.08. The summed E-state index contributed by atoms with van der Waals surface area (Å²) in [5.41, 5.74) is 1.03. The lowest BCUT2D eigenvalue weighted by atomic mass is 10.2. The van der Waals surface area contributed by atoms with Crippen molar-refractivity contribution in [2.24, 2.45) is 0 Å². The monoisotopic (exact) mass is 343 g/mol. The summed E-state index contributed by atoms with van der Waals surface area (Å²) in [6.45, 7) is 2.24. The van der Waals surface area contributed by atoms with Crippen molar-refractivity contribution in [1.29, 1.82) is 0 Å². The first-order valence-electron chi connectivity index (χ1n) is 4.99. The first-order valence-corrected chi connectivity index (χ1v) is 6.07. The Balaban J connectivity index is 2.36. The van der Waals surface area contributed by atoms with E-state index in [1.165, 1.54) is 6.20 Å². The molecule has 0 saturated heterocycles. The summed E-state index contributed by atoms with van der Waals surface area (Å²) in [5.74, 6) is 0.678. The molecule has 0 N–H and O–H groups in total. The number of rotatable bonds is 3. The maximum absolute atomic E-state index is 10.8. The molecule has 1 heterocycles. The molecule has 0 bridgehead atoms. The number of hydrogen-bond donors (Lipinski definition) is 0. The molecule has 0 amide bonds. The van der Waals surface area contributed by atoms with Crippen LogP contribution in [-0.2, 0) is 6.54 Å². The Labute approximate surface area is 112 Å². The maximum Gasteiger partial charge on any atom is 0.343 e. The van der Waals surface area contributed by atoms with Gasteiger partial charge in [-0.15, -0.1) is 0 Å². The molecule has 0 radical (unpaired) electrons. The second-order valence-corrected chi connectivity index (χ2v) is 4.88. The van der Waals surface area contributed by atoms with E-state index in [1.54, 1.807) is 11.5 Å². The zero-order valence-corrected chi connectivity index (χ0v) is 11.3. The van der Waals surface area contributed by atoms with E-state index in [2.05, 4.69) is 27.6 Å². The molecule has 1 aromatic heterocycles. The minimum atomic E-state index is -0.409. The highest BCUT2D eigenvalue weighted by Crippen LogP contribution is 2.17. The van der Waals surface area contributed by atoms with Gasteiger partial charge < -0.3 is 10.1 Å². The molecule has 6 heteroatoms. The van der Waals surface area contributed by atoms with Gasteiger partial charge in [0.25, 0.3) is 0 Å². The van der Waals surface area contributed by atoms with Crippen molar-refractivity contribution in [2.45, 2.75) is 13.5 Å². The van der Waals surface area contributed by atoms with Crippen molar-refractivity contribution >= 4 is 28.4 Å². The van der Waals surface area contributed by atoms with Gasteiger partial charge in [0.1, 0.15) is 12.7 Å². The molecular weight excluding hydrogens is 333 g/mol. The third kappa shape index (κ3) is 2.63. The number of benzene rings is 1. The van der Waals surface area contributed by atoms with E-state index < -0.39 is 4.92 Å². The van der Waals surface area contributed by atoms with Gasteiger partial charge in [-0.2, -0.15) is 0 Å². The lowest BCUT2D eigenvalue weighted by Gasteiger charge is -2.03. The number of nitrogens with zero attached hydrogens (tertiary/aromatic N) is 3. The molecule has 0 atom stereocenters. The average Bonchev–Trinajstić information content (AvgIpc) is 2.61. The van der Waals surface area contributed by atoms with Gasteiger partial charge in [-0.1, -0.05) is 12.1 Å². The smallest absolute Gasteiger partial charge is 0.343 e. The molecule has 1 aromatic carbocycles. The minimum Gasteiger partial charge on any atom is -0.358 e. The van der Waals surface area contributed by atoms with Crippen LogP contribution in [0.25, 0.3) is 0 Å². The number of aryl methyl sites for hydroxylation is 1. The number of nitro groups is 1. The predicted octanol–water partition coefficient (Wildman–Crippen LogP) is 2.75. The van der Waals surface area contributed by atoms with E-state index in [0.717, 1.165) is 9.13 Å². The SMILES string of the molecule is Cc1ncc([N+](=O)[O-])n1Cc1cccc(I)c1. The summed E-state index contributed by atoms with van der Waals surface area (Å²) in [6, 6.07) is 7.88. The topological polar surface area (TPSA) is 61.0 Å². The highest BCUT2D eigenvalue weighted by atomic mass is 127. The Bertz CT molecular complexity index is 566. The van der Waals surface area contributed by atoms with Crippen LogP contribution in [0.2, 0.25) is 0 Å². The summed E-state index contributed by atoms with van der Waals surface area (Å²) in [7, 11) is 0. The van der Waals surface area contributed by atoms with Gasteiger partial charge in [-0.05, 0) is 45.2 Å². The third-order valence-electron chi connectivity index (χ3n) is 2.45. The molecule has 0 aliphatic heterocycles. The van der Waals surface area contributed by atoms with Crippen molar-refractivity contribution in [3.63, 3.8) is 0 Å². The fraction of sp³-hybridized carbons (Fsp3) is 0.182. The van der Waals surface area contributed by atoms with Gasteiger partial charge in [0, 0.05) is 10.5 Å². The summed E-state index contributed by atoms with van der Waals surface area (Å²) in [5, 5.41) is 10.8. The molecule has 17 heavy (non-hydrogen) atoms.